The number of aromatic carboxylic acids is 1. The van der Waals surface area contributed by atoms with Crippen molar-refractivity contribution in [1.29, 1.82) is 0 Å². The van der Waals surface area contributed by atoms with E-state index in [9.17, 15) is 14.3 Å². The van der Waals surface area contributed by atoms with Gasteiger partial charge in [0.15, 0.2) is 5.69 Å². The molecule has 1 N–H and O–H groups in total. The number of aryl methyl sites for hydroxylation is 1. The van der Waals surface area contributed by atoms with Gasteiger partial charge in [0.2, 0.25) is 0 Å². The molecule has 0 aliphatic rings. The van der Waals surface area contributed by atoms with Crippen LogP contribution in [-0.4, -0.2) is 26.1 Å². The van der Waals surface area contributed by atoms with Crippen LogP contribution in [0.2, 0.25) is 0 Å². The van der Waals surface area contributed by atoms with E-state index in [1.165, 1.54) is 25.0 Å². The maximum atomic E-state index is 13.1. The number of benzene rings is 1. The Morgan fingerprint density at radius 3 is 2.50 bits per heavy atom. The zero-order valence-corrected chi connectivity index (χ0v) is 12.6. The molecule has 0 aliphatic carbocycles. The van der Waals surface area contributed by atoms with Crippen LogP contribution in [-0.2, 0) is 6.54 Å². The van der Waals surface area contributed by atoms with Crippen molar-refractivity contribution >= 4 is 5.97 Å². The van der Waals surface area contributed by atoms with Gasteiger partial charge in [-0.3, -0.25) is 0 Å². The molecule has 0 aliphatic heterocycles. The number of hydrogen-bond donors (Lipinski definition) is 1. The zero-order valence-electron chi connectivity index (χ0n) is 12.6. The topological polar surface area (TPSA) is 68.0 Å². The Morgan fingerprint density at radius 2 is 1.86 bits per heavy atom. The van der Waals surface area contributed by atoms with Gasteiger partial charge >= 0.3 is 5.97 Å². The number of carbonyl (C=O) groups is 1. The van der Waals surface area contributed by atoms with Crippen LogP contribution in [0.3, 0.4) is 0 Å². The molecule has 0 unspecified atom stereocenters. The average Bonchev–Trinajstić information content (AvgIpc) is 2.92. The predicted octanol–water partition coefficient (Wildman–Crippen LogP) is 3.75. The molecule has 2 rings (SSSR count). The summed E-state index contributed by atoms with van der Waals surface area (Å²) in [5.41, 5.74) is 0.945. The van der Waals surface area contributed by atoms with Gasteiger partial charge in [-0.25, -0.2) is 13.9 Å². The SMILES string of the molecule is CCCCCCCn1nnc(C(=O)O)c1-c1ccc(F)cc1. The van der Waals surface area contributed by atoms with Crippen molar-refractivity contribution in [3.63, 3.8) is 0 Å². The molecule has 0 saturated carbocycles. The third-order valence-electron chi connectivity index (χ3n) is 3.53. The van der Waals surface area contributed by atoms with Crippen molar-refractivity contribution < 1.29 is 14.3 Å². The number of aromatic nitrogens is 3. The Morgan fingerprint density at radius 1 is 1.18 bits per heavy atom. The van der Waals surface area contributed by atoms with Crippen molar-refractivity contribution in [3.8, 4) is 11.3 Å². The Hall–Kier alpha value is -2.24. The van der Waals surface area contributed by atoms with E-state index in [0.717, 1.165) is 19.3 Å². The molecule has 22 heavy (non-hydrogen) atoms. The van der Waals surface area contributed by atoms with E-state index in [2.05, 4.69) is 17.2 Å². The summed E-state index contributed by atoms with van der Waals surface area (Å²) in [7, 11) is 0. The summed E-state index contributed by atoms with van der Waals surface area (Å²) < 4.78 is 14.7. The summed E-state index contributed by atoms with van der Waals surface area (Å²) in [5, 5.41) is 16.9. The average molecular weight is 305 g/mol. The third kappa shape index (κ3) is 3.90. The molecular formula is C16H20FN3O2. The highest BCUT2D eigenvalue weighted by Gasteiger charge is 2.20. The van der Waals surface area contributed by atoms with Crippen molar-refractivity contribution in [3.05, 3.63) is 35.8 Å². The van der Waals surface area contributed by atoms with Crippen LogP contribution < -0.4 is 0 Å². The van der Waals surface area contributed by atoms with Crippen LogP contribution in [0.25, 0.3) is 11.3 Å². The molecule has 0 saturated heterocycles. The first-order valence-electron chi connectivity index (χ1n) is 7.56. The van der Waals surface area contributed by atoms with Crippen LogP contribution in [0.4, 0.5) is 4.39 Å². The lowest BCUT2D eigenvalue weighted by Crippen LogP contribution is -2.05. The fourth-order valence-corrected chi connectivity index (χ4v) is 2.37. The number of halogens is 1. The minimum absolute atomic E-state index is 0.0971. The quantitative estimate of drug-likeness (QED) is 0.754. The van der Waals surface area contributed by atoms with Gasteiger partial charge in [0.25, 0.3) is 0 Å². The molecule has 0 atom stereocenters. The van der Waals surface area contributed by atoms with E-state index < -0.39 is 5.97 Å². The maximum absolute atomic E-state index is 13.1. The molecular weight excluding hydrogens is 285 g/mol. The minimum Gasteiger partial charge on any atom is -0.476 e. The van der Waals surface area contributed by atoms with Gasteiger partial charge in [-0.1, -0.05) is 37.8 Å². The molecule has 5 nitrogen and oxygen atoms in total. The lowest BCUT2D eigenvalue weighted by Gasteiger charge is -2.07. The normalized spacial score (nSPS) is 10.8. The van der Waals surface area contributed by atoms with Gasteiger partial charge < -0.3 is 5.11 Å². The highest BCUT2D eigenvalue weighted by Crippen LogP contribution is 2.23. The van der Waals surface area contributed by atoms with Crippen molar-refractivity contribution in [2.75, 3.05) is 0 Å². The minimum atomic E-state index is -1.13. The van der Waals surface area contributed by atoms with Crippen LogP contribution in [0.15, 0.2) is 24.3 Å². The maximum Gasteiger partial charge on any atom is 0.358 e. The fourth-order valence-electron chi connectivity index (χ4n) is 2.37. The second kappa shape index (κ2) is 7.68. The molecule has 1 heterocycles. The number of rotatable bonds is 8. The first kappa shape index (κ1) is 16.1. The van der Waals surface area contributed by atoms with E-state index in [1.54, 1.807) is 16.8 Å². The Balaban J connectivity index is 2.19. The van der Waals surface area contributed by atoms with Gasteiger partial charge in [-0.05, 0) is 30.7 Å². The monoisotopic (exact) mass is 305 g/mol. The van der Waals surface area contributed by atoms with Gasteiger partial charge in [-0.15, -0.1) is 5.10 Å². The molecule has 0 fully saturated rings. The van der Waals surface area contributed by atoms with Crippen molar-refractivity contribution in [1.82, 2.24) is 15.0 Å². The standard InChI is InChI=1S/C16H20FN3O2/c1-2-3-4-5-6-11-20-15(14(16(21)22)18-19-20)12-7-9-13(17)10-8-12/h7-10H,2-6,11H2,1H3,(H,21,22). The van der Waals surface area contributed by atoms with E-state index in [0.29, 0.717) is 17.8 Å². The number of unbranched alkanes of at least 4 members (excludes halogenated alkanes) is 4. The lowest BCUT2D eigenvalue weighted by atomic mass is 10.1. The van der Waals surface area contributed by atoms with Gasteiger partial charge in [0.1, 0.15) is 11.5 Å². The van der Waals surface area contributed by atoms with E-state index in [-0.39, 0.29) is 11.5 Å². The largest absolute Gasteiger partial charge is 0.476 e. The summed E-state index contributed by atoms with van der Waals surface area (Å²) in [6, 6.07) is 5.71. The predicted molar refractivity (Wildman–Crippen MR) is 81.1 cm³/mol. The number of carboxylic acid groups (broad SMARTS) is 1. The molecule has 1 aromatic carbocycles. The van der Waals surface area contributed by atoms with Gasteiger partial charge in [0.05, 0.1) is 0 Å². The third-order valence-corrected chi connectivity index (χ3v) is 3.53. The highest BCUT2D eigenvalue weighted by molar-refractivity contribution is 5.92. The Bertz CT molecular complexity index is 623. The highest BCUT2D eigenvalue weighted by atomic mass is 19.1. The molecule has 0 amide bonds. The molecule has 0 spiro atoms. The van der Waals surface area contributed by atoms with Crippen LogP contribution >= 0.6 is 0 Å². The number of hydrogen-bond acceptors (Lipinski definition) is 3. The zero-order chi connectivity index (χ0) is 15.9. The number of carboxylic acids is 1. The van der Waals surface area contributed by atoms with E-state index in [1.807, 2.05) is 0 Å². The van der Waals surface area contributed by atoms with E-state index >= 15 is 0 Å². The first-order chi connectivity index (χ1) is 10.6. The van der Waals surface area contributed by atoms with Crippen molar-refractivity contribution in [2.45, 2.75) is 45.6 Å². The molecule has 1 aromatic heterocycles. The van der Waals surface area contributed by atoms with Crippen LogP contribution in [0.5, 0.6) is 0 Å². The van der Waals surface area contributed by atoms with Crippen LogP contribution in [0.1, 0.15) is 49.5 Å². The summed E-state index contributed by atoms with van der Waals surface area (Å²) >= 11 is 0. The second-order valence-corrected chi connectivity index (χ2v) is 5.24. The Labute approximate surface area is 128 Å². The molecule has 6 heteroatoms. The smallest absolute Gasteiger partial charge is 0.358 e. The number of nitrogens with zero attached hydrogens (tertiary/aromatic N) is 3. The van der Waals surface area contributed by atoms with Gasteiger partial charge in [0, 0.05) is 12.1 Å². The summed E-state index contributed by atoms with van der Waals surface area (Å²) in [5.74, 6) is -1.49. The fraction of sp³-hybridized carbons (Fsp3) is 0.438. The van der Waals surface area contributed by atoms with Crippen LogP contribution in [0, 0.1) is 5.82 Å². The van der Waals surface area contributed by atoms with Crippen molar-refractivity contribution in [2.24, 2.45) is 0 Å². The summed E-state index contributed by atoms with van der Waals surface area (Å²) in [6.07, 6.45) is 5.51. The first-order valence-corrected chi connectivity index (χ1v) is 7.56. The summed E-state index contributed by atoms with van der Waals surface area (Å²) in [4.78, 5) is 11.3. The van der Waals surface area contributed by atoms with E-state index in [4.69, 9.17) is 0 Å². The lowest BCUT2D eigenvalue weighted by molar-refractivity contribution is 0.0691. The molecule has 2 aromatic rings. The Kier molecular flexibility index (Phi) is 5.63. The van der Waals surface area contributed by atoms with Gasteiger partial charge in [-0.2, -0.15) is 0 Å². The second-order valence-electron chi connectivity index (χ2n) is 5.24. The molecule has 118 valence electrons. The molecule has 0 bridgehead atoms. The summed E-state index contributed by atoms with van der Waals surface area (Å²) in [6.45, 7) is 2.76. The molecule has 0 radical (unpaired) electrons.